The Morgan fingerprint density at radius 1 is 0.923 bits per heavy atom. The third-order valence-corrected chi connectivity index (χ3v) is 4.77. The van der Waals surface area contributed by atoms with Crippen LogP contribution in [0, 0.1) is 0 Å². The monoisotopic (exact) mass is 401 g/mol. The highest BCUT2D eigenvalue weighted by molar-refractivity contribution is 7.80. The van der Waals surface area contributed by atoms with E-state index >= 15 is 0 Å². The highest BCUT2D eigenvalue weighted by atomic mass is 35.5. The summed E-state index contributed by atoms with van der Waals surface area (Å²) in [6.07, 6.45) is 0. The van der Waals surface area contributed by atoms with E-state index in [9.17, 15) is 0 Å². The molecule has 3 aromatic rings. The highest BCUT2D eigenvalue weighted by Crippen LogP contribution is 2.23. The summed E-state index contributed by atoms with van der Waals surface area (Å²) in [5, 5.41) is 4.47. The molecule has 0 saturated heterocycles. The number of rotatable bonds is 6. The van der Waals surface area contributed by atoms with Crippen LogP contribution in [0.25, 0.3) is 0 Å². The number of hydrogen-bond acceptors (Lipinski definition) is 2. The molecule has 0 spiro atoms. The van der Waals surface area contributed by atoms with Gasteiger partial charge in [-0.2, -0.15) is 0 Å². The summed E-state index contributed by atoms with van der Waals surface area (Å²) in [6.45, 7) is 1.05. The molecule has 5 heteroatoms. The van der Waals surface area contributed by atoms with Gasteiger partial charge in [0.1, 0.15) is 17.3 Å². The van der Waals surface area contributed by atoms with E-state index in [-0.39, 0.29) is 0 Å². The second kappa shape index (κ2) is 9.04. The lowest BCUT2D eigenvalue weighted by atomic mass is 10.2. The minimum atomic E-state index is 0.365. The maximum absolute atomic E-state index is 6.18. The molecule has 0 aliphatic carbocycles. The van der Waals surface area contributed by atoms with Crippen LogP contribution >= 0.6 is 35.4 Å². The number of thiocarbonyl (C=S) groups is 1. The van der Waals surface area contributed by atoms with E-state index in [1.807, 2.05) is 48.5 Å². The first-order valence-electron chi connectivity index (χ1n) is 8.11. The van der Waals surface area contributed by atoms with Gasteiger partial charge in [-0.15, -0.1) is 0 Å². The summed E-state index contributed by atoms with van der Waals surface area (Å²) in [4.78, 5) is 0.684. The Labute approximate surface area is 168 Å². The van der Waals surface area contributed by atoms with Crippen molar-refractivity contribution in [2.45, 2.75) is 13.2 Å². The van der Waals surface area contributed by atoms with Crippen LogP contribution in [0.2, 0.25) is 10.0 Å². The Morgan fingerprint density at radius 2 is 1.73 bits per heavy atom. The Morgan fingerprint density at radius 3 is 2.50 bits per heavy atom. The predicted octanol–water partition coefficient (Wildman–Crippen LogP) is 6.04. The number of hydrogen-bond donors (Lipinski definition) is 1. The first kappa shape index (κ1) is 18.7. The predicted molar refractivity (Wildman–Crippen MR) is 112 cm³/mol. The van der Waals surface area contributed by atoms with E-state index in [0.717, 1.165) is 16.9 Å². The largest absolute Gasteiger partial charge is 0.489 e. The molecular weight excluding hydrogens is 385 g/mol. The Balaban J connectivity index is 1.61. The van der Waals surface area contributed by atoms with Crippen molar-refractivity contribution in [1.82, 2.24) is 5.32 Å². The van der Waals surface area contributed by atoms with Gasteiger partial charge in [0.2, 0.25) is 0 Å². The van der Waals surface area contributed by atoms with Crippen molar-refractivity contribution in [3.05, 3.63) is 99.5 Å². The smallest absolute Gasteiger partial charge is 0.120 e. The second-order valence-corrected chi connectivity index (χ2v) is 6.97. The molecular formula is C21H17Cl2NOS. The van der Waals surface area contributed by atoms with Crippen molar-refractivity contribution in [3.8, 4) is 5.75 Å². The van der Waals surface area contributed by atoms with Gasteiger partial charge in [0, 0.05) is 27.7 Å². The SMILES string of the molecule is S=C(NCc1ccccc1)c1cccc(OCc2ccc(Cl)cc2Cl)c1. The van der Waals surface area contributed by atoms with Gasteiger partial charge in [0.25, 0.3) is 0 Å². The molecule has 132 valence electrons. The molecule has 26 heavy (non-hydrogen) atoms. The van der Waals surface area contributed by atoms with Crippen LogP contribution in [0.3, 0.4) is 0 Å². The molecule has 3 aromatic carbocycles. The molecule has 0 aliphatic heterocycles. The summed E-state index contributed by atoms with van der Waals surface area (Å²) in [7, 11) is 0. The van der Waals surface area contributed by atoms with Crippen LogP contribution in [-0.4, -0.2) is 4.99 Å². The molecule has 2 nitrogen and oxygen atoms in total. The van der Waals surface area contributed by atoms with E-state index in [1.165, 1.54) is 5.56 Å². The maximum atomic E-state index is 6.18. The highest BCUT2D eigenvalue weighted by Gasteiger charge is 2.05. The summed E-state index contributed by atoms with van der Waals surface area (Å²) in [5.74, 6) is 0.734. The van der Waals surface area contributed by atoms with Crippen LogP contribution in [0.1, 0.15) is 16.7 Å². The zero-order valence-electron chi connectivity index (χ0n) is 13.9. The summed E-state index contributed by atoms with van der Waals surface area (Å²) in [5.41, 5.74) is 2.97. The second-order valence-electron chi connectivity index (χ2n) is 5.72. The van der Waals surface area contributed by atoms with E-state index in [4.69, 9.17) is 40.2 Å². The van der Waals surface area contributed by atoms with E-state index in [1.54, 1.807) is 12.1 Å². The molecule has 0 aromatic heterocycles. The average Bonchev–Trinajstić information content (AvgIpc) is 2.66. The number of halogens is 2. The minimum Gasteiger partial charge on any atom is -0.489 e. The van der Waals surface area contributed by atoms with Gasteiger partial charge in [-0.1, -0.05) is 84.0 Å². The molecule has 1 N–H and O–H groups in total. The fourth-order valence-corrected chi connectivity index (χ4v) is 3.07. The minimum absolute atomic E-state index is 0.365. The van der Waals surface area contributed by atoms with Gasteiger partial charge < -0.3 is 10.1 Å². The quantitative estimate of drug-likeness (QED) is 0.508. The van der Waals surface area contributed by atoms with E-state index < -0.39 is 0 Å². The molecule has 0 aliphatic rings. The zero-order valence-corrected chi connectivity index (χ0v) is 16.2. The fourth-order valence-electron chi connectivity index (χ4n) is 2.41. The normalized spacial score (nSPS) is 10.4. The van der Waals surface area contributed by atoms with Gasteiger partial charge >= 0.3 is 0 Å². The molecule has 0 bridgehead atoms. The van der Waals surface area contributed by atoms with E-state index in [2.05, 4.69) is 17.4 Å². The van der Waals surface area contributed by atoms with Gasteiger partial charge in [-0.05, 0) is 29.8 Å². The fraction of sp³-hybridized carbons (Fsp3) is 0.0952. The molecule has 0 unspecified atom stereocenters. The first-order chi connectivity index (χ1) is 12.6. The average molecular weight is 402 g/mol. The molecule has 0 atom stereocenters. The van der Waals surface area contributed by atoms with Gasteiger partial charge in [0.15, 0.2) is 0 Å². The van der Waals surface area contributed by atoms with Crippen molar-refractivity contribution in [2.24, 2.45) is 0 Å². The van der Waals surface area contributed by atoms with Gasteiger partial charge in [0.05, 0.1) is 0 Å². The van der Waals surface area contributed by atoms with Crippen LogP contribution in [0.4, 0.5) is 0 Å². The Kier molecular flexibility index (Phi) is 6.51. The summed E-state index contributed by atoms with van der Waals surface area (Å²) in [6, 6.07) is 23.2. The van der Waals surface area contributed by atoms with Crippen molar-refractivity contribution in [3.63, 3.8) is 0 Å². The number of ether oxygens (including phenoxy) is 1. The number of nitrogens with one attached hydrogen (secondary N) is 1. The lowest BCUT2D eigenvalue weighted by molar-refractivity contribution is 0.306. The molecule has 3 rings (SSSR count). The maximum Gasteiger partial charge on any atom is 0.120 e. The first-order valence-corrected chi connectivity index (χ1v) is 9.27. The third kappa shape index (κ3) is 5.21. The number of benzene rings is 3. The van der Waals surface area contributed by atoms with Crippen molar-refractivity contribution >= 4 is 40.4 Å². The molecule has 0 heterocycles. The Hall–Kier alpha value is -2.07. The van der Waals surface area contributed by atoms with Crippen LogP contribution in [-0.2, 0) is 13.2 Å². The summed E-state index contributed by atoms with van der Waals surface area (Å²) < 4.78 is 5.85. The van der Waals surface area contributed by atoms with Crippen LogP contribution in [0.15, 0.2) is 72.8 Å². The van der Waals surface area contributed by atoms with Gasteiger partial charge in [-0.25, -0.2) is 0 Å². The van der Waals surface area contributed by atoms with Crippen LogP contribution < -0.4 is 10.1 Å². The topological polar surface area (TPSA) is 21.3 Å². The third-order valence-electron chi connectivity index (χ3n) is 3.80. The van der Waals surface area contributed by atoms with Gasteiger partial charge in [-0.3, -0.25) is 0 Å². The molecule has 0 radical (unpaired) electrons. The van der Waals surface area contributed by atoms with Crippen LogP contribution in [0.5, 0.6) is 5.75 Å². The lowest BCUT2D eigenvalue weighted by Crippen LogP contribution is -2.21. The van der Waals surface area contributed by atoms with E-state index in [0.29, 0.717) is 28.2 Å². The van der Waals surface area contributed by atoms with Crippen molar-refractivity contribution in [2.75, 3.05) is 0 Å². The molecule has 0 amide bonds. The standard InChI is InChI=1S/C21H17Cl2NOS/c22-18-10-9-17(20(23)12-18)14-25-19-8-4-7-16(11-19)21(26)24-13-15-5-2-1-3-6-15/h1-12H,13-14H2,(H,24,26). The molecule has 0 fully saturated rings. The zero-order chi connectivity index (χ0) is 18.4. The summed E-state index contributed by atoms with van der Waals surface area (Å²) >= 11 is 17.6. The lowest BCUT2D eigenvalue weighted by Gasteiger charge is -2.11. The van der Waals surface area contributed by atoms with Crippen molar-refractivity contribution in [1.29, 1.82) is 0 Å². The Bertz CT molecular complexity index is 900. The van der Waals surface area contributed by atoms with Crippen molar-refractivity contribution < 1.29 is 4.74 Å². The molecule has 0 saturated carbocycles.